The molecule has 1 atom stereocenters. The number of ether oxygens (including phenoxy) is 2. The van der Waals surface area contributed by atoms with Crippen LogP contribution in [-0.2, 0) is 4.74 Å². The Bertz CT molecular complexity index is 605. The molecule has 30 heavy (non-hydrogen) atoms. The number of halogens is 1. The van der Waals surface area contributed by atoms with Gasteiger partial charge in [0.25, 0.3) is 0 Å². The molecule has 2 aliphatic rings. The third kappa shape index (κ3) is 8.56. The normalized spacial score (nSPS) is 19.8. The van der Waals surface area contributed by atoms with Crippen LogP contribution in [0.15, 0.2) is 35.3 Å². The lowest BCUT2D eigenvalue weighted by atomic mass is 10.1. The van der Waals surface area contributed by atoms with Crippen LogP contribution in [0.5, 0.6) is 5.75 Å². The van der Waals surface area contributed by atoms with E-state index in [1.807, 2.05) is 37.4 Å². The fourth-order valence-corrected chi connectivity index (χ4v) is 3.88. The zero-order valence-corrected chi connectivity index (χ0v) is 20.8. The molecule has 2 saturated heterocycles. The molecule has 0 aromatic heterocycles. The predicted molar refractivity (Wildman–Crippen MR) is 133 cm³/mol. The van der Waals surface area contributed by atoms with E-state index in [1.165, 1.54) is 0 Å². The number of morpholine rings is 1. The second kappa shape index (κ2) is 14.1. The Morgan fingerprint density at radius 1 is 1.07 bits per heavy atom. The van der Waals surface area contributed by atoms with Gasteiger partial charge in [-0.25, -0.2) is 0 Å². The maximum absolute atomic E-state index is 5.83. The van der Waals surface area contributed by atoms with Crippen molar-refractivity contribution in [3.8, 4) is 5.75 Å². The molecule has 0 saturated carbocycles. The SMILES string of the molecule is CN=C(NCC(C)CN1CCOCC1)N1CCN(CCOc2ccccc2)CC1.I. The molecule has 0 bridgehead atoms. The first kappa shape index (κ1) is 25.2. The lowest BCUT2D eigenvalue weighted by Gasteiger charge is -2.37. The molecule has 7 nitrogen and oxygen atoms in total. The van der Waals surface area contributed by atoms with Crippen LogP contribution in [0, 0.1) is 5.92 Å². The number of aliphatic imine (C=N–C) groups is 1. The summed E-state index contributed by atoms with van der Waals surface area (Å²) < 4.78 is 11.3. The second-order valence-electron chi connectivity index (χ2n) is 7.94. The fourth-order valence-electron chi connectivity index (χ4n) is 3.88. The summed E-state index contributed by atoms with van der Waals surface area (Å²) in [5, 5.41) is 3.58. The summed E-state index contributed by atoms with van der Waals surface area (Å²) in [5.74, 6) is 2.56. The minimum atomic E-state index is 0. The summed E-state index contributed by atoms with van der Waals surface area (Å²) in [6.45, 7) is 14.0. The highest BCUT2D eigenvalue weighted by Crippen LogP contribution is 2.09. The van der Waals surface area contributed by atoms with Crippen molar-refractivity contribution in [2.45, 2.75) is 6.92 Å². The molecule has 1 aromatic rings. The van der Waals surface area contributed by atoms with E-state index in [4.69, 9.17) is 9.47 Å². The molecule has 1 N–H and O–H groups in total. The average molecular weight is 531 g/mol. The molecule has 8 heteroatoms. The molecule has 0 amide bonds. The van der Waals surface area contributed by atoms with Gasteiger partial charge in [-0.2, -0.15) is 0 Å². The van der Waals surface area contributed by atoms with Gasteiger partial charge in [-0.3, -0.25) is 14.8 Å². The molecule has 0 aliphatic carbocycles. The molecule has 2 fully saturated rings. The third-order valence-electron chi connectivity index (χ3n) is 5.59. The quantitative estimate of drug-likeness (QED) is 0.314. The molecule has 2 heterocycles. The van der Waals surface area contributed by atoms with Crippen LogP contribution in [-0.4, -0.2) is 106 Å². The molecular weight excluding hydrogens is 493 g/mol. The minimum absolute atomic E-state index is 0. The number of hydrogen-bond acceptors (Lipinski definition) is 5. The lowest BCUT2D eigenvalue weighted by molar-refractivity contribution is 0.0320. The van der Waals surface area contributed by atoms with Crippen molar-refractivity contribution in [3.05, 3.63) is 30.3 Å². The lowest BCUT2D eigenvalue weighted by Crippen LogP contribution is -2.53. The van der Waals surface area contributed by atoms with Crippen molar-refractivity contribution in [1.82, 2.24) is 20.0 Å². The number of guanidine groups is 1. The number of para-hydroxylation sites is 1. The molecule has 0 spiro atoms. The molecule has 3 rings (SSSR count). The third-order valence-corrected chi connectivity index (χ3v) is 5.59. The highest BCUT2D eigenvalue weighted by molar-refractivity contribution is 14.0. The van der Waals surface area contributed by atoms with Gasteiger partial charge < -0.3 is 19.7 Å². The van der Waals surface area contributed by atoms with Crippen LogP contribution < -0.4 is 10.1 Å². The maximum Gasteiger partial charge on any atom is 0.193 e. The number of hydrogen-bond donors (Lipinski definition) is 1. The van der Waals surface area contributed by atoms with E-state index >= 15 is 0 Å². The first-order valence-corrected chi connectivity index (χ1v) is 10.9. The van der Waals surface area contributed by atoms with Crippen molar-refractivity contribution in [1.29, 1.82) is 0 Å². The van der Waals surface area contributed by atoms with Gasteiger partial charge in [-0.1, -0.05) is 25.1 Å². The van der Waals surface area contributed by atoms with Gasteiger partial charge in [-0.15, -0.1) is 24.0 Å². The van der Waals surface area contributed by atoms with Crippen molar-refractivity contribution < 1.29 is 9.47 Å². The van der Waals surface area contributed by atoms with Crippen LogP contribution in [0.1, 0.15) is 6.92 Å². The van der Waals surface area contributed by atoms with Gasteiger partial charge in [0.2, 0.25) is 0 Å². The van der Waals surface area contributed by atoms with Crippen molar-refractivity contribution in [2.75, 3.05) is 85.8 Å². The summed E-state index contributed by atoms with van der Waals surface area (Å²) in [5.41, 5.74) is 0. The van der Waals surface area contributed by atoms with E-state index in [2.05, 4.69) is 31.9 Å². The Labute approximate surface area is 198 Å². The average Bonchev–Trinajstić information content (AvgIpc) is 2.76. The highest BCUT2D eigenvalue weighted by Gasteiger charge is 2.20. The molecule has 1 aromatic carbocycles. The van der Waals surface area contributed by atoms with Crippen LogP contribution in [0.3, 0.4) is 0 Å². The van der Waals surface area contributed by atoms with Gasteiger partial charge in [-0.05, 0) is 18.1 Å². The monoisotopic (exact) mass is 531 g/mol. The van der Waals surface area contributed by atoms with Crippen molar-refractivity contribution >= 4 is 29.9 Å². The number of rotatable bonds is 8. The highest BCUT2D eigenvalue weighted by atomic mass is 127. The van der Waals surface area contributed by atoms with E-state index in [1.54, 1.807) is 0 Å². The summed E-state index contributed by atoms with van der Waals surface area (Å²) in [7, 11) is 1.88. The summed E-state index contributed by atoms with van der Waals surface area (Å²) in [6.07, 6.45) is 0. The predicted octanol–water partition coefficient (Wildman–Crippen LogP) is 1.84. The van der Waals surface area contributed by atoms with Crippen molar-refractivity contribution in [3.63, 3.8) is 0 Å². The van der Waals surface area contributed by atoms with Crippen molar-refractivity contribution in [2.24, 2.45) is 10.9 Å². The van der Waals surface area contributed by atoms with E-state index in [-0.39, 0.29) is 24.0 Å². The van der Waals surface area contributed by atoms with Crippen LogP contribution in [0.2, 0.25) is 0 Å². The van der Waals surface area contributed by atoms with Gasteiger partial charge in [0, 0.05) is 66.0 Å². The molecule has 2 aliphatic heterocycles. The van der Waals surface area contributed by atoms with E-state index < -0.39 is 0 Å². The van der Waals surface area contributed by atoms with E-state index in [0.29, 0.717) is 5.92 Å². The molecule has 170 valence electrons. The molecule has 1 unspecified atom stereocenters. The largest absolute Gasteiger partial charge is 0.492 e. The Morgan fingerprint density at radius 2 is 1.77 bits per heavy atom. The summed E-state index contributed by atoms with van der Waals surface area (Å²) in [4.78, 5) is 11.8. The van der Waals surface area contributed by atoms with Gasteiger partial charge >= 0.3 is 0 Å². The van der Waals surface area contributed by atoms with Gasteiger partial charge in [0.15, 0.2) is 5.96 Å². The zero-order valence-electron chi connectivity index (χ0n) is 18.5. The second-order valence-corrected chi connectivity index (χ2v) is 7.94. The number of nitrogens with zero attached hydrogens (tertiary/aromatic N) is 4. The topological polar surface area (TPSA) is 52.6 Å². The molecular formula is C22H38IN5O2. The van der Waals surface area contributed by atoms with Crippen LogP contribution in [0.4, 0.5) is 0 Å². The molecule has 0 radical (unpaired) electrons. The Balaban J connectivity index is 0.00000320. The first-order valence-electron chi connectivity index (χ1n) is 10.9. The first-order chi connectivity index (χ1) is 14.2. The minimum Gasteiger partial charge on any atom is -0.492 e. The smallest absolute Gasteiger partial charge is 0.193 e. The Kier molecular flexibility index (Phi) is 11.8. The number of benzene rings is 1. The van der Waals surface area contributed by atoms with Gasteiger partial charge in [0.1, 0.15) is 12.4 Å². The summed E-state index contributed by atoms with van der Waals surface area (Å²) >= 11 is 0. The van der Waals surface area contributed by atoms with Crippen LogP contribution in [0.25, 0.3) is 0 Å². The standard InChI is InChI=1S/C22H37N5O2.HI/c1-20(19-26-12-15-28-16-13-26)18-24-22(23-2)27-10-8-25(9-11-27)14-17-29-21-6-4-3-5-7-21;/h3-7,20H,8-19H2,1-2H3,(H,23,24);1H. The number of piperazine rings is 1. The Hall–Kier alpha value is -1.10. The zero-order chi connectivity index (χ0) is 20.3. The Morgan fingerprint density at radius 3 is 2.43 bits per heavy atom. The fraction of sp³-hybridized carbons (Fsp3) is 0.682. The van der Waals surface area contributed by atoms with Gasteiger partial charge in [0.05, 0.1) is 13.2 Å². The van der Waals surface area contributed by atoms with Crippen LogP contribution >= 0.6 is 24.0 Å². The van der Waals surface area contributed by atoms with E-state index in [9.17, 15) is 0 Å². The number of nitrogens with one attached hydrogen (secondary N) is 1. The summed E-state index contributed by atoms with van der Waals surface area (Å²) in [6, 6.07) is 10.0. The van der Waals surface area contributed by atoms with E-state index in [0.717, 1.165) is 90.4 Å². The maximum atomic E-state index is 5.83.